The summed E-state index contributed by atoms with van der Waals surface area (Å²) >= 11 is 1.63. The number of amides is 1. The van der Waals surface area contributed by atoms with Crippen LogP contribution in [0.5, 0.6) is 0 Å². The standard InChI is InChI=1S/C17H22N2OS/c1-4-6-15-13(5-2)11-16(21-15)17(20)19-12(3)14-7-9-18-10-8-14/h7-12H,4-6H2,1-3H3,(H,19,20). The average molecular weight is 302 g/mol. The molecule has 112 valence electrons. The van der Waals surface area contributed by atoms with Crippen LogP contribution in [0.1, 0.15) is 58.9 Å². The Hall–Kier alpha value is -1.68. The number of hydrogen-bond acceptors (Lipinski definition) is 3. The van der Waals surface area contributed by atoms with Gasteiger partial charge in [0.2, 0.25) is 0 Å². The molecule has 0 aliphatic carbocycles. The predicted molar refractivity (Wildman–Crippen MR) is 87.8 cm³/mol. The van der Waals surface area contributed by atoms with Crippen LogP contribution in [0.25, 0.3) is 0 Å². The van der Waals surface area contributed by atoms with Gasteiger partial charge in [-0.05, 0) is 49.1 Å². The minimum Gasteiger partial charge on any atom is -0.345 e. The molecule has 0 saturated heterocycles. The Balaban J connectivity index is 2.10. The quantitative estimate of drug-likeness (QED) is 0.871. The molecule has 3 nitrogen and oxygen atoms in total. The molecule has 1 amide bonds. The molecule has 1 atom stereocenters. The van der Waals surface area contributed by atoms with Gasteiger partial charge in [0.05, 0.1) is 10.9 Å². The van der Waals surface area contributed by atoms with Gasteiger partial charge in [-0.2, -0.15) is 0 Å². The molecule has 0 bridgehead atoms. The topological polar surface area (TPSA) is 42.0 Å². The summed E-state index contributed by atoms with van der Waals surface area (Å²) in [6.45, 7) is 6.31. The highest BCUT2D eigenvalue weighted by molar-refractivity contribution is 7.14. The minimum atomic E-state index is -0.0118. The molecule has 4 heteroatoms. The molecule has 0 aromatic carbocycles. The zero-order chi connectivity index (χ0) is 15.2. The van der Waals surface area contributed by atoms with E-state index in [-0.39, 0.29) is 11.9 Å². The SMILES string of the molecule is CCCc1sc(C(=O)NC(C)c2ccncc2)cc1CC. The Morgan fingerprint density at radius 2 is 2.05 bits per heavy atom. The fourth-order valence-electron chi connectivity index (χ4n) is 2.32. The van der Waals surface area contributed by atoms with Crippen LogP contribution in [-0.2, 0) is 12.8 Å². The third kappa shape index (κ3) is 3.91. The third-order valence-electron chi connectivity index (χ3n) is 3.53. The summed E-state index contributed by atoms with van der Waals surface area (Å²) in [5.41, 5.74) is 2.38. The second-order valence-electron chi connectivity index (χ2n) is 5.14. The first-order valence-corrected chi connectivity index (χ1v) is 8.29. The lowest BCUT2D eigenvalue weighted by Gasteiger charge is -2.13. The van der Waals surface area contributed by atoms with E-state index in [9.17, 15) is 4.79 Å². The second kappa shape index (κ2) is 7.36. The largest absolute Gasteiger partial charge is 0.345 e. The molecular formula is C17H22N2OS. The maximum Gasteiger partial charge on any atom is 0.261 e. The summed E-state index contributed by atoms with van der Waals surface area (Å²) in [6.07, 6.45) is 6.65. The first-order chi connectivity index (χ1) is 10.2. The predicted octanol–water partition coefficient (Wildman–Crippen LogP) is 4.15. The Labute approximate surface area is 130 Å². The zero-order valence-corrected chi connectivity index (χ0v) is 13.7. The summed E-state index contributed by atoms with van der Waals surface area (Å²) in [7, 11) is 0. The van der Waals surface area contributed by atoms with Crippen molar-refractivity contribution in [3.05, 3.63) is 51.5 Å². The van der Waals surface area contributed by atoms with Crippen LogP contribution < -0.4 is 5.32 Å². The molecular weight excluding hydrogens is 280 g/mol. The first kappa shape index (κ1) is 15.7. The summed E-state index contributed by atoms with van der Waals surface area (Å²) in [5.74, 6) is 0.0152. The smallest absolute Gasteiger partial charge is 0.261 e. The number of nitrogens with one attached hydrogen (secondary N) is 1. The molecule has 0 aliphatic rings. The number of pyridine rings is 1. The molecule has 2 heterocycles. The monoisotopic (exact) mass is 302 g/mol. The average Bonchev–Trinajstić information content (AvgIpc) is 2.91. The molecule has 2 aromatic rings. The van der Waals surface area contributed by atoms with Gasteiger partial charge in [0.25, 0.3) is 5.91 Å². The number of hydrogen-bond donors (Lipinski definition) is 1. The molecule has 0 saturated carbocycles. The van der Waals surface area contributed by atoms with Crippen molar-refractivity contribution in [2.45, 2.75) is 46.1 Å². The number of aryl methyl sites for hydroxylation is 2. The summed E-state index contributed by atoms with van der Waals surface area (Å²) in [4.78, 5) is 18.6. The summed E-state index contributed by atoms with van der Waals surface area (Å²) in [6, 6.07) is 5.89. The number of rotatable bonds is 6. The summed E-state index contributed by atoms with van der Waals surface area (Å²) in [5, 5.41) is 3.06. The number of aromatic nitrogens is 1. The number of carbonyl (C=O) groups is 1. The van der Waals surface area contributed by atoms with E-state index < -0.39 is 0 Å². The molecule has 0 aliphatic heterocycles. The molecule has 2 aromatic heterocycles. The van der Waals surface area contributed by atoms with Gasteiger partial charge in [-0.1, -0.05) is 20.3 Å². The molecule has 0 radical (unpaired) electrons. The van der Waals surface area contributed by atoms with Crippen LogP contribution in [0.4, 0.5) is 0 Å². The van der Waals surface area contributed by atoms with Crippen molar-refractivity contribution in [3.8, 4) is 0 Å². The second-order valence-corrected chi connectivity index (χ2v) is 6.28. The van der Waals surface area contributed by atoms with Gasteiger partial charge in [-0.25, -0.2) is 0 Å². The van der Waals surface area contributed by atoms with E-state index in [1.54, 1.807) is 23.7 Å². The van der Waals surface area contributed by atoms with Crippen molar-refractivity contribution in [3.63, 3.8) is 0 Å². The van der Waals surface area contributed by atoms with Crippen molar-refractivity contribution in [2.24, 2.45) is 0 Å². The maximum atomic E-state index is 12.4. The van der Waals surface area contributed by atoms with E-state index in [0.29, 0.717) is 0 Å². The van der Waals surface area contributed by atoms with E-state index in [1.165, 1.54) is 10.4 Å². The van der Waals surface area contributed by atoms with Gasteiger partial charge in [-0.3, -0.25) is 9.78 Å². The number of nitrogens with zero attached hydrogens (tertiary/aromatic N) is 1. The van der Waals surface area contributed by atoms with Crippen LogP contribution in [0.15, 0.2) is 30.6 Å². The highest BCUT2D eigenvalue weighted by atomic mass is 32.1. The van der Waals surface area contributed by atoms with Gasteiger partial charge < -0.3 is 5.32 Å². The number of carbonyl (C=O) groups excluding carboxylic acids is 1. The van der Waals surface area contributed by atoms with Crippen molar-refractivity contribution in [2.75, 3.05) is 0 Å². The maximum absolute atomic E-state index is 12.4. The van der Waals surface area contributed by atoms with E-state index in [1.807, 2.05) is 25.1 Å². The van der Waals surface area contributed by atoms with Crippen molar-refractivity contribution in [1.29, 1.82) is 0 Å². The third-order valence-corrected chi connectivity index (χ3v) is 4.77. The van der Waals surface area contributed by atoms with Crippen LogP contribution >= 0.6 is 11.3 Å². The Morgan fingerprint density at radius 1 is 1.33 bits per heavy atom. The lowest BCUT2D eigenvalue weighted by molar-refractivity contribution is 0.0944. The highest BCUT2D eigenvalue weighted by Crippen LogP contribution is 2.25. The Morgan fingerprint density at radius 3 is 2.67 bits per heavy atom. The Kier molecular flexibility index (Phi) is 5.51. The van der Waals surface area contributed by atoms with E-state index >= 15 is 0 Å². The normalized spacial score (nSPS) is 12.1. The number of thiophene rings is 1. The molecule has 0 fully saturated rings. The lowest BCUT2D eigenvalue weighted by Crippen LogP contribution is -2.25. The molecule has 1 N–H and O–H groups in total. The van der Waals surface area contributed by atoms with Gasteiger partial charge in [-0.15, -0.1) is 11.3 Å². The van der Waals surface area contributed by atoms with Gasteiger partial charge in [0.15, 0.2) is 0 Å². The fourth-order valence-corrected chi connectivity index (χ4v) is 3.58. The van der Waals surface area contributed by atoms with Crippen LogP contribution in [-0.4, -0.2) is 10.9 Å². The van der Waals surface area contributed by atoms with Gasteiger partial charge in [0.1, 0.15) is 0 Å². The highest BCUT2D eigenvalue weighted by Gasteiger charge is 2.16. The molecule has 2 rings (SSSR count). The molecule has 21 heavy (non-hydrogen) atoms. The van der Waals surface area contributed by atoms with Crippen LogP contribution in [0.2, 0.25) is 0 Å². The van der Waals surface area contributed by atoms with E-state index in [4.69, 9.17) is 0 Å². The van der Waals surface area contributed by atoms with Crippen molar-refractivity contribution >= 4 is 17.2 Å². The fraction of sp³-hybridized carbons (Fsp3) is 0.412. The molecule has 0 spiro atoms. The first-order valence-electron chi connectivity index (χ1n) is 7.48. The van der Waals surface area contributed by atoms with Crippen LogP contribution in [0.3, 0.4) is 0 Å². The minimum absolute atomic E-state index is 0.0118. The molecule has 1 unspecified atom stereocenters. The van der Waals surface area contributed by atoms with Crippen LogP contribution in [0, 0.1) is 0 Å². The zero-order valence-electron chi connectivity index (χ0n) is 12.8. The van der Waals surface area contributed by atoms with Gasteiger partial charge >= 0.3 is 0 Å². The van der Waals surface area contributed by atoms with E-state index in [0.717, 1.165) is 29.7 Å². The van der Waals surface area contributed by atoms with Crippen molar-refractivity contribution < 1.29 is 4.79 Å². The lowest BCUT2D eigenvalue weighted by atomic mass is 10.1. The van der Waals surface area contributed by atoms with Crippen molar-refractivity contribution in [1.82, 2.24) is 10.3 Å². The Bertz CT molecular complexity index is 592. The van der Waals surface area contributed by atoms with E-state index in [2.05, 4.69) is 24.1 Å². The summed E-state index contributed by atoms with van der Waals surface area (Å²) < 4.78 is 0. The van der Waals surface area contributed by atoms with Gasteiger partial charge in [0, 0.05) is 17.3 Å².